The van der Waals surface area contributed by atoms with Gasteiger partial charge in [0.2, 0.25) is 0 Å². The number of rotatable bonds is 7. The average Bonchev–Trinajstić information content (AvgIpc) is 3.56. The van der Waals surface area contributed by atoms with Crippen molar-refractivity contribution in [1.82, 2.24) is 19.9 Å². The minimum atomic E-state index is 0. The van der Waals surface area contributed by atoms with E-state index < -0.39 is 0 Å². The Morgan fingerprint density at radius 3 is 2.61 bits per heavy atom. The van der Waals surface area contributed by atoms with Crippen LogP contribution in [-0.2, 0) is 13.0 Å². The van der Waals surface area contributed by atoms with Crippen molar-refractivity contribution in [3.8, 4) is 17.3 Å². The highest BCUT2D eigenvalue weighted by Gasteiger charge is 2.17. The van der Waals surface area contributed by atoms with Gasteiger partial charge >= 0.3 is 0 Å². The zero-order chi connectivity index (χ0) is 25.2. The molecule has 3 heterocycles. The van der Waals surface area contributed by atoms with Crippen LogP contribution in [0.4, 0.5) is 5.69 Å². The fraction of sp³-hybridized carbons (Fsp3) is 0.241. The largest absolute Gasteiger partial charge is 0.489 e. The van der Waals surface area contributed by atoms with Crippen molar-refractivity contribution >= 4 is 52.1 Å². The highest BCUT2D eigenvalue weighted by Crippen LogP contribution is 2.30. The first kappa shape index (κ1) is 26.5. The Hall–Kier alpha value is -3.10. The van der Waals surface area contributed by atoms with Crippen molar-refractivity contribution in [2.24, 2.45) is 0 Å². The van der Waals surface area contributed by atoms with Crippen LogP contribution in [0.1, 0.15) is 16.1 Å². The van der Waals surface area contributed by atoms with Gasteiger partial charge in [0.1, 0.15) is 18.1 Å². The summed E-state index contributed by atoms with van der Waals surface area (Å²) in [4.78, 5) is 18.0. The quantitative estimate of drug-likeness (QED) is 0.238. The summed E-state index contributed by atoms with van der Waals surface area (Å²) in [6.45, 7) is 4.74. The normalized spacial score (nSPS) is 14.0. The van der Waals surface area contributed by atoms with E-state index in [-0.39, 0.29) is 12.4 Å². The van der Waals surface area contributed by atoms with Crippen LogP contribution in [0.3, 0.4) is 0 Å². The number of nitrogens with one attached hydrogen (secondary N) is 1. The number of thiazole rings is 1. The second-order valence-electron chi connectivity index (χ2n) is 9.41. The summed E-state index contributed by atoms with van der Waals surface area (Å²) in [5.74, 6) is 1.62. The molecule has 5 aromatic rings. The summed E-state index contributed by atoms with van der Waals surface area (Å²) < 4.78 is 6.14. The number of likely N-dealkylation sites (N-methyl/N-ethyl adjacent to an activating group) is 1. The number of H-pyrrole nitrogens is 1. The van der Waals surface area contributed by atoms with Gasteiger partial charge in [-0.2, -0.15) is 0 Å². The Bertz CT molecular complexity index is 1510. The van der Waals surface area contributed by atoms with Gasteiger partial charge in [0.25, 0.3) is 0 Å². The standard InChI is InChI=1S/C29H28ClN5OS.ClH/c1-34-11-13-35(14-12-34)23-8-9-24-25(17-23)33-29(32-24)26-19-37-28(31-26)16-21-15-22(30)7-10-27(21)36-18-20-5-3-2-4-6-20;/h2-10,15,17,19H,11-14,16,18H2,1H3,(H,32,33);1H. The van der Waals surface area contributed by atoms with Gasteiger partial charge in [-0.15, -0.1) is 23.7 Å². The Morgan fingerprint density at radius 2 is 1.79 bits per heavy atom. The Morgan fingerprint density at radius 1 is 0.974 bits per heavy atom. The van der Waals surface area contributed by atoms with Gasteiger partial charge < -0.3 is 19.5 Å². The van der Waals surface area contributed by atoms with Gasteiger partial charge in [-0.3, -0.25) is 0 Å². The molecule has 0 radical (unpaired) electrons. The van der Waals surface area contributed by atoms with Gasteiger partial charge in [-0.25, -0.2) is 9.97 Å². The second-order valence-corrected chi connectivity index (χ2v) is 10.8. The van der Waals surface area contributed by atoms with Gasteiger partial charge in [-0.05, 0) is 49.0 Å². The highest BCUT2D eigenvalue weighted by atomic mass is 35.5. The van der Waals surface area contributed by atoms with Crippen molar-refractivity contribution in [3.63, 3.8) is 0 Å². The fourth-order valence-electron chi connectivity index (χ4n) is 4.60. The molecule has 0 saturated carbocycles. The van der Waals surface area contributed by atoms with Crippen LogP contribution in [0.5, 0.6) is 5.75 Å². The molecule has 9 heteroatoms. The first-order chi connectivity index (χ1) is 18.1. The molecule has 6 nitrogen and oxygen atoms in total. The highest BCUT2D eigenvalue weighted by molar-refractivity contribution is 7.10. The predicted molar refractivity (Wildman–Crippen MR) is 159 cm³/mol. The van der Waals surface area contributed by atoms with Crippen molar-refractivity contribution in [1.29, 1.82) is 0 Å². The number of aromatic amines is 1. The lowest BCUT2D eigenvalue weighted by atomic mass is 10.1. The molecule has 0 bridgehead atoms. The van der Waals surface area contributed by atoms with Crippen LogP contribution in [0.15, 0.2) is 72.1 Å². The first-order valence-electron chi connectivity index (χ1n) is 12.4. The zero-order valence-electron chi connectivity index (χ0n) is 21.1. The number of aromatic nitrogens is 3. The third kappa shape index (κ3) is 5.97. The van der Waals surface area contributed by atoms with E-state index in [2.05, 4.69) is 57.5 Å². The summed E-state index contributed by atoms with van der Waals surface area (Å²) in [5, 5.41) is 3.73. The monoisotopic (exact) mass is 565 g/mol. The maximum atomic E-state index is 6.33. The number of hydrogen-bond acceptors (Lipinski definition) is 6. The van der Waals surface area contributed by atoms with Crippen molar-refractivity contribution in [2.75, 3.05) is 38.1 Å². The topological polar surface area (TPSA) is 57.3 Å². The van der Waals surface area contributed by atoms with Crippen LogP contribution in [0.25, 0.3) is 22.6 Å². The maximum absolute atomic E-state index is 6.33. The summed E-state index contributed by atoms with van der Waals surface area (Å²) in [6, 6.07) is 22.4. The number of fused-ring (bicyclic) bond motifs is 1. The van der Waals surface area contributed by atoms with Crippen LogP contribution in [0.2, 0.25) is 5.02 Å². The van der Waals surface area contributed by atoms with E-state index in [1.54, 1.807) is 11.3 Å². The van der Waals surface area contributed by atoms with E-state index in [0.29, 0.717) is 18.1 Å². The number of benzene rings is 3. The van der Waals surface area contributed by atoms with E-state index >= 15 is 0 Å². The molecule has 1 fully saturated rings. The second kappa shape index (κ2) is 11.7. The zero-order valence-corrected chi connectivity index (χ0v) is 23.5. The molecule has 1 N–H and O–H groups in total. The van der Waals surface area contributed by atoms with E-state index in [0.717, 1.165) is 70.6 Å². The number of imidazole rings is 1. The number of nitrogens with zero attached hydrogens (tertiary/aromatic N) is 4. The average molecular weight is 567 g/mol. The summed E-state index contributed by atoms with van der Waals surface area (Å²) in [6.07, 6.45) is 0.642. The number of piperazine rings is 1. The van der Waals surface area contributed by atoms with Crippen molar-refractivity contribution in [3.05, 3.63) is 93.3 Å². The minimum Gasteiger partial charge on any atom is -0.489 e. The van der Waals surface area contributed by atoms with Crippen molar-refractivity contribution < 1.29 is 4.74 Å². The number of halogens is 2. The van der Waals surface area contributed by atoms with Crippen LogP contribution < -0.4 is 9.64 Å². The first-order valence-corrected chi connectivity index (χ1v) is 13.7. The summed E-state index contributed by atoms with van der Waals surface area (Å²) >= 11 is 7.95. The molecule has 0 aliphatic carbocycles. The molecule has 1 saturated heterocycles. The van der Waals surface area contributed by atoms with E-state index in [1.807, 2.05) is 36.4 Å². The predicted octanol–water partition coefficient (Wildman–Crippen LogP) is 6.68. The van der Waals surface area contributed by atoms with Crippen LogP contribution >= 0.6 is 35.3 Å². The van der Waals surface area contributed by atoms with Gasteiger partial charge in [0.15, 0.2) is 5.82 Å². The van der Waals surface area contributed by atoms with E-state index in [9.17, 15) is 0 Å². The third-order valence-corrected chi connectivity index (χ3v) is 7.81. The van der Waals surface area contributed by atoms with Crippen molar-refractivity contribution in [2.45, 2.75) is 13.0 Å². The molecule has 3 aromatic carbocycles. The molecule has 1 aliphatic heterocycles. The summed E-state index contributed by atoms with van der Waals surface area (Å²) in [5.41, 5.74) is 6.21. The van der Waals surface area contributed by atoms with Gasteiger partial charge in [0, 0.05) is 54.3 Å². The summed E-state index contributed by atoms with van der Waals surface area (Å²) in [7, 11) is 2.17. The lowest BCUT2D eigenvalue weighted by molar-refractivity contribution is 0.303. The fourth-order valence-corrected chi connectivity index (χ4v) is 5.60. The lowest BCUT2D eigenvalue weighted by Crippen LogP contribution is -2.44. The minimum absolute atomic E-state index is 0. The molecule has 1 aliphatic rings. The molecule has 0 atom stereocenters. The van der Waals surface area contributed by atoms with Crippen LogP contribution in [0, 0.1) is 0 Å². The lowest BCUT2D eigenvalue weighted by Gasteiger charge is -2.34. The Kier molecular flexibility index (Phi) is 8.19. The maximum Gasteiger partial charge on any atom is 0.158 e. The van der Waals surface area contributed by atoms with E-state index in [4.69, 9.17) is 26.3 Å². The van der Waals surface area contributed by atoms with Gasteiger partial charge in [-0.1, -0.05) is 41.9 Å². The molecule has 6 rings (SSSR count). The Balaban J connectivity index is 0.00000294. The molecule has 0 unspecified atom stereocenters. The van der Waals surface area contributed by atoms with E-state index in [1.165, 1.54) is 5.69 Å². The molecule has 196 valence electrons. The number of ether oxygens (including phenoxy) is 1. The molecular formula is C29H29Cl2N5OS. The number of anilines is 1. The molecule has 0 amide bonds. The Labute approximate surface area is 237 Å². The van der Waals surface area contributed by atoms with Crippen LogP contribution in [-0.4, -0.2) is 53.1 Å². The smallest absolute Gasteiger partial charge is 0.158 e. The molecule has 38 heavy (non-hydrogen) atoms. The molecule has 0 spiro atoms. The molecular weight excluding hydrogens is 537 g/mol. The van der Waals surface area contributed by atoms with Gasteiger partial charge in [0.05, 0.1) is 16.0 Å². The molecule has 2 aromatic heterocycles. The number of hydrogen-bond donors (Lipinski definition) is 1. The third-order valence-electron chi connectivity index (χ3n) is 6.73. The SMILES string of the molecule is CN1CCN(c2ccc3[nH]c(-c4csc(Cc5cc(Cl)ccc5OCc5ccccc5)n4)nc3c2)CC1.Cl.